The monoisotopic (exact) mass is 208 g/mol. The van der Waals surface area contributed by atoms with Crippen LogP contribution < -0.4 is 0 Å². The van der Waals surface area contributed by atoms with E-state index < -0.39 is 0 Å². The van der Waals surface area contributed by atoms with Crippen molar-refractivity contribution >= 4 is 22.9 Å². The summed E-state index contributed by atoms with van der Waals surface area (Å²) < 4.78 is 0. The molecule has 0 radical (unpaired) electrons. The van der Waals surface area contributed by atoms with Crippen LogP contribution in [0.4, 0.5) is 0 Å². The first-order valence-electron chi connectivity index (χ1n) is 5.06. The highest BCUT2D eigenvalue weighted by Crippen LogP contribution is 2.10. The SMILES string of the molecule is [SiH3]C=CC(N1C=NCC1)N1C=NCC1. The number of hydrogen-bond acceptors (Lipinski definition) is 4. The van der Waals surface area contributed by atoms with Crippen molar-refractivity contribution in [2.45, 2.75) is 6.17 Å². The van der Waals surface area contributed by atoms with Crippen LogP contribution in [0.15, 0.2) is 21.8 Å². The van der Waals surface area contributed by atoms with E-state index in [-0.39, 0.29) is 0 Å². The summed E-state index contributed by atoms with van der Waals surface area (Å²) in [6, 6.07) is 0. The Morgan fingerprint density at radius 1 is 1.14 bits per heavy atom. The molecule has 4 nitrogen and oxygen atoms in total. The summed E-state index contributed by atoms with van der Waals surface area (Å²) >= 11 is 0. The normalized spacial score (nSPS) is 21.2. The second kappa shape index (κ2) is 4.41. The van der Waals surface area contributed by atoms with E-state index in [0.29, 0.717) is 6.17 Å². The lowest BCUT2D eigenvalue weighted by atomic mass is 10.3. The van der Waals surface area contributed by atoms with Gasteiger partial charge in [0.25, 0.3) is 0 Å². The zero-order valence-corrected chi connectivity index (χ0v) is 10.5. The van der Waals surface area contributed by atoms with E-state index in [4.69, 9.17) is 0 Å². The molecule has 2 aliphatic heterocycles. The lowest BCUT2D eigenvalue weighted by molar-refractivity contribution is 0.238. The van der Waals surface area contributed by atoms with Gasteiger partial charge < -0.3 is 9.80 Å². The number of nitrogens with zero attached hydrogens (tertiary/aromatic N) is 4. The van der Waals surface area contributed by atoms with Crippen molar-refractivity contribution in [2.24, 2.45) is 9.98 Å². The third kappa shape index (κ3) is 1.87. The average Bonchev–Trinajstić information content (AvgIpc) is 2.87. The van der Waals surface area contributed by atoms with Crippen LogP contribution in [0.25, 0.3) is 0 Å². The second-order valence-corrected chi connectivity index (χ2v) is 4.13. The molecule has 0 spiro atoms. The highest BCUT2D eigenvalue weighted by atomic mass is 28.1. The molecule has 0 aliphatic carbocycles. The third-order valence-corrected chi connectivity index (χ3v) is 2.86. The fourth-order valence-electron chi connectivity index (χ4n) is 1.77. The Balaban J connectivity index is 2.06. The first-order valence-corrected chi connectivity index (χ1v) is 6.21. The van der Waals surface area contributed by atoms with Crippen molar-refractivity contribution in [1.29, 1.82) is 0 Å². The van der Waals surface area contributed by atoms with E-state index in [1.807, 2.05) is 12.7 Å². The quantitative estimate of drug-likeness (QED) is 0.550. The molecule has 2 aliphatic rings. The minimum atomic E-state index is 0.338. The standard InChI is InChI=1S/C9H16N4Si/c14-6-1-9(12-4-2-10-7-12)13-5-3-11-8-13/h1,6-9H,2-5H2,14H3. The van der Waals surface area contributed by atoms with Crippen molar-refractivity contribution in [3.63, 3.8) is 0 Å². The van der Waals surface area contributed by atoms with Gasteiger partial charge >= 0.3 is 0 Å². The Morgan fingerprint density at radius 3 is 2.07 bits per heavy atom. The van der Waals surface area contributed by atoms with Crippen LogP contribution in [0, 0.1) is 0 Å². The molecule has 14 heavy (non-hydrogen) atoms. The van der Waals surface area contributed by atoms with Crippen molar-refractivity contribution in [2.75, 3.05) is 26.2 Å². The van der Waals surface area contributed by atoms with Crippen LogP contribution in [0.2, 0.25) is 0 Å². The van der Waals surface area contributed by atoms with Gasteiger partial charge in [0.15, 0.2) is 0 Å². The van der Waals surface area contributed by atoms with Gasteiger partial charge in [-0.3, -0.25) is 9.98 Å². The summed E-state index contributed by atoms with van der Waals surface area (Å²) in [5.41, 5.74) is 2.23. The first-order chi connectivity index (χ1) is 6.92. The van der Waals surface area contributed by atoms with Gasteiger partial charge in [-0.15, -0.1) is 5.70 Å². The Morgan fingerprint density at radius 2 is 1.71 bits per heavy atom. The second-order valence-electron chi connectivity index (χ2n) is 3.46. The minimum Gasteiger partial charge on any atom is -0.337 e. The molecule has 0 amide bonds. The van der Waals surface area contributed by atoms with Crippen LogP contribution in [-0.2, 0) is 0 Å². The molecule has 0 atom stereocenters. The summed E-state index contributed by atoms with van der Waals surface area (Å²) in [6.07, 6.45) is 6.50. The number of rotatable bonds is 3. The van der Waals surface area contributed by atoms with E-state index in [1.54, 1.807) is 0 Å². The van der Waals surface area contributed by atoms with Gasteiger partial charge in [0.05, 0.1) is 25.8 Å². The van der Waals surface area contributed by atoms with Crippen LogP contribution in [-0.4, -0.2) is 65.1 Å². The molecule has 2 heterocycles. The summed E-state index contributed by atoms with van der Waals surface area (Å²) in [5, 5.41) is 0. The smallest absolute Gasteiger partial charge is 0.122 e. The zero-order valence-electron chi connectivity index (χ0n) is 8.50. The Kier molecular flexibility index (Phi) is 2.98. The molecular formula is C9H16N4Si. The van der Waals surface area contributed by atoms with Crippen molar-refractivity contribution in [3.05, 3.63) is 11.8 Å². The van der Waals surface area contributed by atoms with Crippen molar-refractivity contribution in [3.8, 4) is 0 Å². The van der Waals surface area contributed by atoms with E-state index >= 15 is 0 Å². The van der Waals surface area contributed by atoms with Crippen LogP contribution in [0.3, 0.4) is 0 Å². The minimum absolute atomic E-state index is 0.338. The van der Waals surface area contributed by atoms with Crippen LogP contribution in [0.1, 0.15) is 0 Å². The molecule has 0 aromatic rings. The Labute approximate surface area is 87.4 Å². The molecule has 0 aromatic carbocycles. The molecule has 0 aromatic heterocycles. The van der Waals surface area contributed by atoms with Crippen LogP contribution in [0.5, 0.6) is 0 Å². The molecule has 76 valence electrons. The number of aliphatic imine (C=N–C) groups is 2. The van der Waals surface area contributed by atoms with Crippen LogP contribution >= 0.6 is 0 Å². The third-order valence-electron chi connectivity index (χ3n) is 2.48. The summed E-state index contributed by atoms with van der Waals surface area (Å²) in [6.45, 7) is 3.91. The summed E-state index contributed by atoms with van der Waals surface area (Å²) in [7, 11) is 1.11. The van der Waals surface area contributed by atoms with Gasteiger partial charge in [0.2, 0.25) is 0 Å². The van der Waals surface area contributed by atoms with E-state index in [9.17, 15) is 0 Å². The van der Waals surface area contributed by atoms with E-state index in [0.717, 1.165) is 36.4 Å². The highest BCUT2D eigenvalue weighted by Gasteiger charge is 2.22. The Bertz CT molecular complexity index is 252. The fourth-order valence-corrected chi connectivity index (χ4v) is 2.12. The lowest BCUT2D eigenvalue weighted by Gasteiger charge is -2.31. The predicted octanol–water partition coefficient (Wildman–Crippen LogP) is -1.12. The fraction of sp³-hybridized carbons (Fsp3) is 0.556. The van der Waals surface area contributed by atoms with Gasteiger partial charge in [0, 0.05) is 23.3 Å². The predicted molar refractivity (Wildman–Crippen MR) is 63.0 cm³/mol. The van der Waals surface area contributed by atoms with Gasteiger partial charge in [-0.25, -0.2) is 0 Å². The Hall–Kier alpha value is -1.10. The maximum atomic E-state index is 4.25. The van der Waals surface area contributed by atoms with E-state index in [2.05, 4.69) is 31.6 Å². The highest BCUT2D eigenvalue weighted by molar-refractivity contribution is 6.17. The summed E-state index contributed by atoms with van der Waals surface area (Å²) in [4.78, 5) is 13.0. The van der Waals surface area contributed by atoms with Gasteiger partial charge in [-0.2, -0.15) is 0 Å². The molecule has 0 N–H and O–H groups in total. The first kappa shape index (κ1) is 9.45. The molecule has 0 unspecified atom stereocenters. The maximum Gasteiger partial charge on any atom is 0.122 e. The van der Waals surface area contributed by atoms with Gasteiger partial charge in [-0.05, 0) is 0 Å². The molecule has 2 rings (SSSR count). The van der Waals surface area contributed by atoms with Gasteiger partial charge in [0.1, 0.15) is 6.17 Å². The van der Waals surface area contributed by atoms with Gasteiger partial charge in [-0.1, -0.05) is 6.08 Å². The van der Waals surface area contributed by atoms with E-state index in [1.165, 1.54) is 0 Å². The van der Waals surface area contributed by atoms with Crippen molar-refractivity contribution < 1.29 is 0 Å². The molecule has 0 fully saturated rings. The molecule has 5 heteroatoms. The number of hydrogen-bond donors (Lipinski definition) is 0. The molecular weight excluding hydrogens is 192 g/mol. The largest absolute Gasteiger partial charge is 0.337 e. The lowest BCUT2D eigenvalue weighted by Crippen LogP contribution is -2.44. The average molecular weight is 208 g/mol. The van der Waals surface area contributed by atoms with Crippen molar-refractivity contribution in [1.82, 2.24) is 9.80 Å². The zero-order chi connectivity index (χ0) is 9.80. The maximum absolute atomic E-state index is 4.25. The summed E-state index contributed by atoms with van der Waals surface area (Å²) in [5.74, 6) is 0. The molecule has 0 bridgehead atoms. The molecule has 0 saturated carbocycles. The molecule has 0 saturated heterocycles. The topological polar surface area (TPSA) is 31.2 Å².